The Morgan fingerprint density at radius 2 is 2.12 bits per heavy atom. The van der Waals surface area contributed by atoms with Gasteiger partial charge in [0.25, 0.3) is 0 Å². The first kappa shape index (κ1) is 11.6. The van der Waals surface area contributed by atoms with Crippen molar-refractivity contribution in [2.24, 2.45) is 5.73 Å². The smallest absolute Gasteiger partial charge is 0.115 e. The summed E-state index contributed by atoms with van der Waals surface area (Å²) in [5.41, 5.74) is 5.53. The summed E-state index contributed by atoms with van der Waals surface area (Å²) in [7, 11) is 0. The molecule has 0 saturated carbocycles. The summed E-state index contributed by atoms with van der Waals surface area (Å²) >= 11 is 8.22. The molecule has 1 aromatic carbocycles. The maximum atomic E-state index is 5.53. The van der Waals surface area contributed by atoms with Crippen LogP contribution >= 0.6 is 35.3 Å². The van der Waals surface area contributed by atoms with Crippen molar-refractivity contribution in [1.29, 1.82) is 0 Å². The Morgan fingerprint density at radius 1 is 1.38 bits per heavy atom. The predicted octanol–water partition coefficient (Wildman–Crippen LogP) is 3.07. The monoisotopic (exact) mass is 266 g/mol. The van der Waals surface area contributed by atoms with E-state index >= 15 is 0 Å². The van der Waals surface area contributed by atoms with Gasteiger partial charge in [0.05, 0.1) is 10.6 Å². The van der Waals surface area contributed by atoms with E-state index in [1.165, 1.54) is 4.90 Å². The van der Waals surface area contributed by atoms with Gasteiger partial charge in [-0.2, -0.15) is 0 Å². The van der Waals surface area contributed by atoms with E-state index in [0.29, 0.717) is 4.99 Å². The van der Waals surface area contributed by atoms with Gasteiger partial charge in [0.15, 0.2) is 0 Å². The van der Waals surface area contributed by atoms with Crippen molar-refractivity contribution >= 4 is 40.3 Å². The molecule has 1 heterocycles. The number of aromatic nitrogens is 1. The Labute approximate surface area is 108 Å². The fraction of sp³-hybridized carbons (Fsp3) is 0.0909. The van der Waals surface area contributed by atoms with Crippen LogP contribution in [0.15, 0.2) is 41.4 Å². The van der Waals surface area contributed by atoms with E-state index in [9.17, 15) is 0 Å². The number of nitrogens with zero attached hydrogens (tertiary/aromatic N) is 1. The second-order valence-electron chi connectivity index (χ2n) is 3.08. The number of benzene rings is 1. The molecule has 0 aliphatic carbocycles. The summed E-state index contributed by atoms with van der Waals surface area (Å²) < 4.78 is 0. The van der Waals surface area contributed by atoms with Crippen LogP contribution in [-0.4, -0.2) is 9.97 Å². The predicted molar refractivity (Wildman–Crippen MR) is 74.0 cm³/mol. The third-order valence-electron chi connectivity index (χ3n) is 1.90. The number of thioether (sulfide) groups is 1. The molecule has 0 aliphatic rings. The highest BCUT2D eigenvalue weighted by Crippen LogP contribution is 2.24. The number of rotatable bonds is 4. The van der Waals surface area contributed by atoms with Crippen LogP contribution in [0.2, 0.25) is 0 Å². The summed E-state index contributed by atoms with van der Waals surface area (Å²) in [6.07, 6.45) is 1.74. The van der Waals surface area contributed by atoms with Gasteiger partial charge in [-0.25, -0.2) is 4.98 Å². The van der Waals surface area contributed by atoms with Gasteiger partial charge in [-0.15, -0.1) is 23.1 Å². The van der Waals surface area contributed by atoms with Gasteiger partial charge < -0.3 is 5.73 Å². The van der Waals surface area contributed by atoms with Gasteiger partial charge in [0, 0.05) is 11.1 Å². The summed E-state index contributed by atoms with van der Waals surface area (Å²) in [5.74, 6) is 0.858. The maximum absolute atomic E-state index is 5.53. The Hall–Kier alpha value is -0.910. The largest absolute Gasteiger partial charge is 0.389 e. The topological polar surface area (TPSA) is 38.9 Å². The minimum absolute atomic E-state index is 0.425. The minimum Gasteiger partial charge on any atom is -0.389 e. The van der Waals surface area contributed by atoms with E-state index < -0.39 is 0 Å². The lowest BCUT2D eigenvalue weighted by Gasteiger charge is -1.97. The van der Waals surface area contributed by atoms with Crippen LogP contribution < -0.4 is 5.73 Å². The summed E-state index contributed by atoms with van der Waals surface area (Å²) in [5, 5.41) is 1.05. The Kier molecular flexibility index (Phi) is 3.93. The quantitative estimate of drug-likeness (QED) is 0.682. The third-order valence-corrected chi connectivity index (χ3v) is 4.49. The fourth-order valence-electron chi connectivity index (χ4n) is 1.15. The van der Waals surface area contributed by atoms with Gasteiger partial charge in [0.1, 0.15) is 10.00 Å². The van der Waals surface area contributed by atoms with Crippen molar-refractivity contribution in [1.82, 2.24) is 4.98 Å². The highest BCUT2D eigenvalue weighted by Gasteiger charge is 2.04. The lowest BCUT2D eigenvalue weighted by Crippen LogP contribution is -2.06. The van der Waals surface area contributed by atoms with Crippen LogP contribution in [0.25, 0.3) is 0 Å². The summed E-state index contributed by atoms with van der Waals surface area (Å²) in [4.78, 5) is 6.84. The van der Waals surface area contributed by atoms with Crippen LogP contribution in [0.5, 0.6) is 0 Å². The highest BCUT2D eigenvalue weighted by atomic mass is 32.2. The second-order valence-corrected chi connectivity index (χ2v) is 5.69. The fourth-order valence-corrected chi connectivity index (χ4v) is 3.02. The number of hydrogen-bond acceptors (Lipinski definition) is 4. The zero-order valence-electron chi connectivity index (χ0n) is 8.42. The highest BCUT2D eigenvalue weighted by molar-refractivity contribution is 7.98. The normalized spacial score (nSPS) is 10.2. The molecule has 0 unspecified atom stereocenters. The molecule has 2 rings (SSSR count). The molecule has 82 valence electrons. The van der Waals surface area contributed by atoms with Crippen LogP contribution in [0, 0.1) is 0 Å². The maximum Gasteiger partial charge on any atom is 0.115 e. The molecule has 2 nitrogen and oxygen atoms in total. The molecule has 0 atom stereocenters. The van der Waals surface area contributed by atoms with E-state index in [4.69, 9.17) is 18.0 Å². The first-order valence-electron chi connectivity index (χ1n) is 4.68. The van der Waals surface area contributed by atoms with Gasteiger partial charge in [0.2, 0.25) is 0 Å². The van der Waals surface area contributed by atoms with Gasteiger partial charge in [-0.3, -0.25) is 0 Å². The molecule has 2 aromatic rings. The summed E-state index contributed by atoms with van der Waals surface area (Å²) in [6, 6.07) is 10.3. The molecule has 2 N–H and O–H groups in total. The number of thiocarbonyl (C=S) groups is 1. The average Bonchev–Trinajstić information content (AvgIpc) is 2.76. The van der Waals surface area contributed by atoms with Crippen LogP contribution in [0.3, 0.4) is 0 Å². The Bertz CT molecular complexity index is 479. The zero-order chi connectivity index (χ0) is 11.4. The van der Waals surface area contributed by atoms with Gasteiger partial charge >= 0.3 is 0 Å². The first-order chi connectivity index (χ1) is 7.75. The van der Waals surface area contributed by atoms with E-state index in [2.05, 4.69) is 17.1 Å². The lowest BCUT2D eigenvalue weighted by molar-refractivity contribution is 1.26. The molecule has 0 bridgehead atoms. The van der Waals surface area contributed by atoms with E-state index in [0.717, 1.165) is 15.6 Å². The number of hydrogen-bond donors (Lipinski definition) is 1. The standard InChI is InChI=1S/C11H10N2S3/c12-11(14)9-6-13-10(16-9)7-15-8-4-2-1-3-5-8/h1-6H,7H2,(H2,12,14). The van der Waals surface area contributed by atoms with Crippen molar-refractivity contribution in [2.45, 2.75) is 10.6 Å². The van der Waals surface area contributed by atoms with Crippen molar-refractivity contribution < 1.29 is 0 Å². The van der Waals surface area contributed by atoms with Gasteiger partial charge in [-0.1, -0.05) is 30.4 Å². The molecule has 0 radical (unpaired) electrons. The number of nitrogens with two attached hydrogens (primary N) is 1. The molecular weight excluding hydrogens is 256 g/mol. The third kappa shape index (κ3) is 3.04. The Balaban J connectivity index is 1.97. The van der Waals surface area contributed by atoms with Crippen LogP contribution in [0.4, 0.5) is 0 Å². The zero-order valence-corrected chi connectivity index (χ0v) is 10.9. The van der Waals surface area contributed by atoms with Gasteiger partial charge in [-0.05, 0) is 12.1 Å². The van der Waals surface area contributed by atoms with E-state index in [1.54, 1.807) is 29.3 Å². The molecule has 0 spiro atoms. The average molecular weight is 266 g/mol. The van der Waals surface area contributed by atoms with E-state index in [1.807, 2.05) is 18.2 Å². The van der Waals surface area contributed by atoms with Crippen molar-refractivity contribution in [3.63, 3.8) is 0 Å². The van der Waals surface area contributed by atoms with Crippen molar-refractivity contribution in [2.75, 3.05) is 0 Å². The van der Waals surface area contributed by atoms with Crippen molar-refractivity contribution in [3.05, 3.63) is 46.4 Å². The molecule has 0 fully saturated rings. The molecular formula is C11H10N2S3. The molecule has 0 amide bonds. The molecule has 0 saturated heterocycles. The SMILES string of the molecule is NC(=S)c1cnc(CSc2ccccc2)s1. The molecule has 16 heavy (non-hydrogen) atoms. The lowest BCUT2D eigenvalue weighted by atomic mass is 10.4. The number of thiazole rings is 1. The Morgan fingerprint density at radius 3 is 2.75 bits per heavy atom. The minimum atomic E-state index is 0.425. The molecule has 5 heteroatoms. The van der Waals surface area contributed by atoms with E-state index in [-0.39, 0.29) is 0 Å². The molecule has 0 aliphatic heterocycles. The van der Waals surface area contributed by atoms with Crippen molar-refractivity contribution in [3.8, 4) is 0 Å². The molecule has 1 aromatic heterocycles. The van der Waals surface area contributed by atoms with Crippen LogP contribution in [0.1, 0.15) is 9.88 Å². The first-order valence-corrected chi connectivity index (χ1v) is 6.89. The second kappa shape index (κ2) is 5.43. The summed E-state index contributed by atoms with van der Waals surface area (Å²) in [6.45, 7) is 0. The van der Waals surface area contributed by atoms with Crippen LogP contribution in [-0.2, 0) is 5.75 Å².